The number of hydrogen-bond acceptors (Lipinski definition) is 4. The van der Waals surface area contributed by atoms with Gasteiger partial charge in [-0.3, -0.25) is 9.59 Å². The van der Waals surface area contributed by atoms with Crippen LogP contribution in [0.1, 0.15) is 55.6 Å². The molecule has 0 aliphatic heterocycles. The van der Waals surface area contributed by atoms with E-state index in [1.807, 2.05) is 41.5 Å². The molecule has 0 aliphatic rings. The summed E-state index contributed by atoms with van der Waals surface area (Å²) in [7, 11) is 1.32. The highest BCUT2D eigenvalue weighted by atomic mass is 16.5. The van der Waals surface area contributed by atoms with E-state index in [-0.39, 0.29) is 23.7 Å². The van der Waals surface area contributed by atoms with Gasteiger partial charge in [-0.2, -0.15) is 0 Å². The van der Waals surface area contributed by atoms with Crippen molar-refractivity contribution in [1.82, 2.24) is 5.32 Å². The Bertz CT molecular complexity index is 681. The number of aryl methyl sites for hydroxylation is 1. The zero-order chi connectivity index (χ0) is 20.0. The smallest absolute Gasteiger partial charge is 0.338 e. The highest BCUT2D eigenvalue weighted by molar-refractivity contribution is 5.99. The molecule has 0 aromatic heterocycles. The lowest BCUT2D eigenvalue weighted by molar-refractivity contribution is -0.127. The van der Waals surface area contributed by atoms with Crippen molar-refractivity contribution in [3.63, 3.8) is 0 Å². The highest BCUT2D eigenvalue weighted by Gasteiger charge is 2.25. The average molecular weight is 362 g/mol. The number of esters is 1. The third kappa shape index (κ3) is 5.86. The number of nitrogens with one attached hydrogen (secondary N) is 2. The number of hydrogen-bond donors (Lipinski definition) is 2. The molecule has 0 heterocycles. The fraction of sp³-hybridized carbons (Fsp3) is 0.550. The van der Waals surface area contributed by atoms with Gasteiger partial charge in [0, 0.05) is 12.1 Å². The Labute approximate surface area is 155 Å². The van der Waals surface area contributed by atoms with Crippen LogP contribution in [0, 0.1) is 25.7 Å². The Morgan fingerprint density at radius 1 is 1.08 bits per heavy atom. The average Bonchev–Trinajstić information content (AvgIpc) is 2.53. The Morgan fingerprint density at radius 2 is 1.69 bits per heavy atom. The quantitative estimate of drug-likeness (QED) is 0.730. The van der Waals surface area contributed by atoms with Crippen molar-refractivity contribution >= 4 is 23.5 Å². The van der Waals surface area contributed by atoms with Crippen molar-refractivity contribution in [2.45, 2.75) is 54.0 Å². The van der Waals surface area contributed by atoms with Crippen LogP contribution in [0.5, 0.6) is 0 Å². The standard InChI is InChI=1S/C20H30N2O4/c1-11(2)8-17(23)22-18(12(3)4)19(24)21-15-9-13(5)14(6)16(10-15)20(25)26-7/h9-12,18H,8H2,1-7H3,(H,21,24)(H,22,23). The molecule has 26 heavy (non-hydrogen) atoms. The second kappa shape index (κ2) is 9.36. The molecule has 0 radical (unpaired) electrons. The van der Waals surface area contributed by atoms with E-state index in [0.717, 1.165) is 11.1 Å². The zero-order valence-electron chi connectivity index (χ0n) is 16.7. The summed E-state index contributed by atoms with van der Waals surface area (Å²) in [6.45, 7) is 11.3. The largest absolute Gasteiger partial charge is 0.465 e. The molecule has 0 bridgehead atoms. The Balaban J connectivity index is 3.01. The molecule has 1 aromatic carbocycles. The molecule has 1 rings (SSSR count). The molecule has 1 aromatic rings. The lowest BCUT2D eigenvalue weighted by Gasteiger charge is -2.22. The first-order valence-electron chi connectivity index (χ1n) is 8.86. The first-order valence-corrected chi connectivity index (χ1v) is 8.86. The summed E-state index contributed by atoms with van der Waals surface area (Å²) < 4.78 is 4.80. The number of ether oxygens (including phenoxy) is 1. The van der Waals surface area contributed by atoms with Crippen molar-refractivity contribution in [3.8, 4) is 0 Å². The normalized spacial score (nSPS) is 12.0. The molecule has 144 valence electrons. The fourth-order valence-corrected chi connectivity index (χ4v) is 2.61. The van der Waals surface area contributed by atoms with E-state index in [0.29, 0.717) is 17.7 Å². The van der Waals surface area contributed by atoms with Crippen LogP contribution >= 0.6 is 0 Å². The van der Waals surface area contributed by atoms with Crippen LogP contribution in [0.25, 0.3) is 0 Å². The maximum Gasteiger partial charge on any atom is 0.338 e. The van der Waals surface area contributed by atoms with Crippen molar-refractivity contribution in [3.05, 3.63) is 28.8 Å². The molecule has 2 N–H and O–H groups in total. The summed E-state index contributed by atoms with van der Waals surface area (Å²) in [5.74, 6) is -0.765. The van der Waals surface area contributed by atoms with Crippen LogP contribution < -0.4 is 10.6 Å². The summed E-state index contributed by atoms with van der Waals surface area (Å²) in [5.41, 5.74) is 2.59. The Hall–Kier alpha value is -2.37. The van der Waals surface area contributed by atoms with E-state index in [2.05, 4.69) is 10.6 Å². The number of amides is 2. The van der Waals surface area contributed by atoms with E-state index in [1.165, 1.54) is 7.11 Å². The maximum atomic E-state index is 12.7. The first-order chi connectivity index (χ1) is 12.1. The van der Waals surface area contributed by atoms with Crippen molar-refractivity contribution in [2.75, 3.05) is 12.4 Å². The van der Waals surface area contributed by atoms with Gasteiger partial charge >= 0.3 is 5.97 Å². The molecular formula is C20H30N2O4. The highest BCUT2D eigenvalue weighted by Crippen LogP contribution is 2.21. The zero-order valence-corrected chi connectivity index (χ0v) is 16.7. The van der Waals surface area contributed by atoms with Crippen molar-refractivity contribution in [2.24, 2.45) is 11.8 Å². The van der Waals surface area contributed by atoms with Gasteiger partial charge in [-0.1, -0.05) is 27.7 Å². The minimum atomic E-state index is -0.649. The molecule has 0 fully saturated rings. The molecule has 1 unspecified atom stereocenters. The maximum absolute atomic E-state index is 12.7. The van der Waals surface area contributed by atoms with E-state index in [9.17, 15) is 14.4 Å². The van der Waals surface area contributed by atoms with Gasteiger partial charge in [0.2, 0.25) is 11.8 Å². The monoisotopic (exact) mass is 362 g/mol. The van der Waals surface area contributed by atoms with Crippen molar-refractivity contribution in [1.29, 1.82) is 0 Å². The second-order valence-corrected chi connectivity index (χ2v) is 7.33. The van der Waals surface area contributed by atoms with Gasteiger partial charge in [-0.15, -0.1) is 0 Å². The topological polar surface area (TPSA) is 84.5 Å². The van der Waals surface area contributed by atoms with Gasteiger partial charge in [-0.05, 0) is 48.9 Å². The third-order valence-corrected chi connectivity index (χ3v) is 4.20. The van der Waals surface area contributed by atoms with Gasteiger partial charge in [0.05, 0.1) is 12.7 Å². The molecule has 0 saturated carbocycles. The van der Waals surface area contributed by atoms with Crippen LogP contribution in [0.3, 0.4) is 0 Å². The summed E-state index contributed by atoms with van der Waals surface area (Å²) in [6, 6.07) is 2.75. The number of rotatable bonds is 7. The number of benzene rings is 1. The number of methoxy groups -OCH3 is 1. The molecule has 2 amide bonds. The fourth-order valence-electron chi connectivity index (χ4n) is 2.61. The predicted molar refractivity (Wildman–Crippen MR) is 102 cm³/mol. The molecular weight excluding hydrogens is 332 g/mol. The van der Waals surface area contributed by atoms with E-state index < -0.39 is 12.0 Å². The minimum absolute atomic E-state index is 0.0715. The summed E-state index contributed by atoms with van der Waals surface area (Å²) in [4.78, 5) is 36.7. The van der Waals surface area contributed by atoms with Crippen LogP contribution in [-0.2, 0) is 14.3 Å². The van der Waals surface area contributed by atoms with E-state index in [4.69, 9.17) is 4.74 Å². The summed E-state index contributed by atoms with van der Waals surface area (Å²) in [6.07, 6.45) is 0.368. The van der Waals surface area contributed by atoms with Gasteiger partial charge < -0.3 is 15.4 Å². The lowest BCUT2D eigenvalue weighted by atomic mass is 10.0. The molecule has 6 nitrogen and oxygen atoms in total. The molecule has 1 atom stereocenters. The Kier molecular flexibility index (Phi) is 7.80. The molecule has 6 heteroatoms. The van der Waals surface area contributed by atoms with Gasteiger partial charge in [0.25, 0.3) is 0 Å². The third-order valence-electron chi connectivity index (χ3n) is 4.20. The van der Waals surface area contributed by atoms with Crippen LogP contribution in [-0.4, -0.2) is 30.9 Å². The Morgan fingerprint density at radius 3 is 2.19 bits per heavy atom. The summed E-state index contributed by atoms with van der Waals surface area (Å²) >= 11 is 0. The molecule has 0 aliphatic carbocycles. The van der Waals surface area contributed by atoms with Crippen LogP contribution in [0.2, 0.25) is 0 Å². The summed E-state index contributed by atoms with van der Waals surface area (Å²) in [5, 5.41) is 5.61. The first kappa shape index (κ1) is 21.7. The number of carbonyl (C=O) groups is 3. The van der Waals surface area contributed by atoms with Crippen molar-refractivity contribution < 1.29 is 19.1 Å². The number of anilines is 1. The molecule has 0 saturated heterocycles. The van der Waals surface area contributed by atoms with E-state index >= 15 is 0 Å². The van der Waals surface area contributed by atoms with Gasteiger partial charge in [0.15, 0.2) is 0 Å². The minimum Gasteiger partial charge on any atom is -0.465 e. The lowest BCUT2D eigenvalue weighted by Crippen LogP contribution is -2.47. The van der Waals surface area contributed by atoms with Crippen LogP contribution in [0.4, 0.5) is 5.69 Å². The van der Waals surface area contributed by atoms with Crippen LogP contribution in [0.15, 0.2) is 12.1 Å². The SMILES string of the molecule is COC(=O)c1cc(NC(=O)C(NC(=O)CC(C)C)C(C)C)cc(C)c1C. The number of carbonyl (C=O) groups excluding carboxylic acids is 3. The van der Waals surface area contributed by atoms with Gasteiger partial charge in [-0.25, -0.2) is 4.79 Å². The predicted octanol–water partition coefficient (Wildman–Crippen LogP) is 3.22. The second-order valence-electron chi connectivity index (χ2n) is 7.33. The van der Waals surface area contributed by atoms with E-state index in [1.54, 1.807) is 12.1 Å². The molecule has 0 spiro atoms. The van der Waals surface area contributed by atoms with Gasteiger partial charge in [0.1, 0.15) is 6.04 Å².